The summed E-state index contributed by atoms with van der Waals surface area (Å²) in [6, 6.07) is 7.03. The lowest BCUT2D eigenvalue weighted by Gasteiger charge is -2.35. The van der Waals surface area contributed by atoms with Crippen LogP contribution in [0.25, 0.3) is 0 Å². The number of rotatable bonds is 4. The van der Waals surface area contributed by atoms with Gasteiger partial charge in [-0.05, 0) is 48.9 Å². The molecule has 1 aliphatic carbocycles. The summed E-state index contributed by atoms with van der Waals surface area (Å²) in [5, 5.41) is 6.58. The summed E-state index contributed by atoms with van der Waals surface area (Å²) < 4.78 is 0. The Balaban J connectivity index is 1.85. The van der Waals surface area contributed by atoms with Crippen LogP contribution < -0.4 is 10.6 Å². The van der Waals surface area contributed by atoms with Crippen LogP contribution in [0.5, 0.6) is 0 Å². The first-order valence-electron chi connectivity index (χ1n) is 7.44. The quantitative estimate of drug-likeness (QED) is 0.871. The number of hydrogen-bond acceptors (Lipinski definition) is 2. The average Bonchev–Trinajstić information content (AvgIpc) is 2.35. The highest BCUT2D eigenvalue weighted by Crippen LogP contribution is 2.38. The van der Waals surface area contributed by atoms with Gasteiger partial charge in [-0.1, -0.05) is 25.5 Å². The summed E-state index contributed by atoms with van der Waals surface area (Å²) in [6.45, 7) is 3.18. The Morgan fingerprint density at radius 3 is 2.89 bits per heavy atom. The summed E-state index contributed by atoms with van der Waals surface area (Å²) in [4.78, 5) is 11.4. The Hall–Kier alpha value is -1.35. The normalized spacial score (nSPS) is 20.4. The lowest BCUT2D eigenvalue weighted by Crippen LogP contribution is -2.32. The molecular weight excluding hydrogens is 236 g/mol. The third kappa shape index (κ3) is 2.52. The van der Waals surface area contributed by atoms with Crippen LogP contribution >= 0.6 is 0 Å². The molecule has 1 amide bonds. The van der Waals surface area contributed by atoms with E-state index in [1.807, 2.05) is 0 Å². The van der Waals surface area contributed by atoms with Gasteiger partial charge in [-0.15, -0.1) is 0 Å². The van der Waals surface area contributed by atoms with E-state index in [-0.39, 0.29) is 5.91 Å². The number of fused-ring (bicyclic) bond motifs is 1. The minimum Gasteiger partial charge on any atom is -0.326 e. The lowest BCUT2D eigenvalue weighted by molar-refractivity contribution is -0.116. The van der Waals surface area contributed by atoms with Crippen LogP contribution in [0, 0.1) is 5.92 Å². The minimum atomic E-state index is 0.141. The zero-order valence-electron chi connectivity index (χ0n) is 11.5. The highest BCUT2D eigenvalue weighted by atomic mass is 16.1. The van der Waals surface area contributed by atoms with Gasteiger partial charge in [-0.25, -0.2) is 0 Å². The molecule has 1 fully saturated rings. The first-order chi connectivity index (χ1) is 9.28. The van der Waals surface area contributed by atoms with Crippen molar-refractivity contribution < 1.29 is 4.79 Å². The molecule has 1 aromatic carbocycles. The standard InChI is InChI=1S/C16H22N2O/c1-2-17-16(11-4-3-5-11)13-6-8-14-12(10-13)7-9-15(19)18-14/h6,8,10-11,16-17H,2-5,7,9H2,1H3,(H,18,19). The summed E-state index contributed by atoms with van der Waals surface area (Å²) in [5.41, 5.74) is 3.68. The highest BCUT2D eigenvalue weighted by molar-refractivity contribution is 5.93. The fourth-order valence-electron chi connectivity index (χ4n) is 3.15. The number of hydrogen-bond donors (Lipinski definition) is 2. The maximum atomic E-state index is 11.4. The molecule has 1 atom stereocenters. The molecule has 0 spiro atoms. The Morgan fingerprint density at radius 2 is 2.21 bits per heavy atom. The van der Waals surface area contributed by atoms with Gasteiger partial charge in [-0.3, -0.25) is 4.79 Å². The van der Waals surface area contributed by atoms with Crippen molar-refractivity contribution in [2.75, 3.05) is 11.9 Å². The molecule has 1 saturated carbocycles. The van der Waals surface area contributed by atoms with Crippen molar-refractivity contribution in [2.24, 2.45) is 5.92 Å². The van der Waals surface area contributed by atoms with Gasteiger partial charge >= 0.3 is 0 Å². The molecular formula is C16H22N2O. The molecule has 0 radical (unpaired) electrons. The van der Waals surface area contributed by atoms with E-state index in [4.69, 9.17) is 0 Å². The number of anilines is 1. The lowest BCUT2D eigenvalue weighted by atomic mass is 9.76. The molecule has 3 heteroatoms. The second-order valence-corrected chi connectivity index (χ2v) is 5.69. The molecule has 102 valence electrons. The molecule has 19 heavy (non-hydrogen) atoms. The van der Waals surface area contributed by atoms with Crippen molar-refractivity contribution in [2.45, 2.75) is 45.1 Å². The fraction of sp³-hybridized carbons (Fsp3) is 0.562. The second-order valence-electron chi connectivity index (χ2n) is 5.69. The van der Waals surface area contributed by atoms with Gasteiger partial charge in [-0.2, -0.15) is 0 Å². The van der Waals surface area contributed by atoms with Crippen LogP contribution in [-0.2, 0) is 11.2 Å². The molecule has 0 saturated heterocycles. The Kier molecular flexibility index (Phi) is 3.56. The Bertz CT molecular complexity index is 480. The van der Waals surface area contributed by atoms with E-state index in [1.54, 1.807) is 0 Å². The molecule has 0 bridgehead atoms. The Labute approximate surface area is 114 Å². The van der Waals surface area contributed by atoms with E-state index in [0.29, 0.717) is 12.5 Å². The van der Waals surface area contributed by atoms with Gasteiger partial charge in [0.05, 0.1) is 0 Å². The first kappa shape index (κ1) is 12.7. The van der Waals surface area contributed by atoms with Crippen molar-refractivity contribution in [1.29, 1.82) is 0 Å². The number of benzene rings is 1. The largest absolute Gasteiger partial charge is 0.326 e. The highest BCUT2D eigenvalue weighted by Gasteiger charge is 2.28. The first-order valence-corrected chi connectivity index (χ1v) is 7.44. The topological polar surface area (TPSA) is 41.1 Å². The molecule has 1 aromatic rings. The second kappa shape index (κ2) is 5.33. The van der Waals surface area contributed by atoms with Gasteiger partial charge in [0.2, 0.25) is 5.91 Å². The van der Waals surface area contributed by atoms with Crippen LogP contribution in [0.3, 0.4) is 0 Å². The summed E-state index contributed by atoms with van der Waals surface area (Å²) >= 11 is 0. The SMILES string of the molecule is CCNC(c1ccc2c(c1)CCC(=O)N2)C1CCC1. The van der Waals surface area contributed by atoms with Crippen molar-refractivity contribution in [3.8, 4) is 0 Å². The number of nitrogens with one attached hydrogen (secondary N) is 2. The summed E-state index contributed by atoms with van der Waals surface area (Å²) in [7, 11) is 0. The van der Waals surface area contributed by atoms with Crippen molar-refractivity contribution >= 4 is 11.6 Å². The van der Waals surface area contributed by atoms with E-state index in [2.05, 4.69) is 35.8 Å². The maximum absolute atomic E-state index is 11.4. The summed E-state index contributed by atoms with van der Waals surface area (Å²) in [6.07, 6.45) is 5.54. The third-order valence-corrected chi connectivity index (χ3v) is 4.43. The van der Waals surface area contributed by atoms with Crippen LogP contribution in [-0.4, -0.2) is 12.5 Å². The van der Waals surface area contributed by atoms with E-state index in [0.717, 1.165) is 24.6 Å². The molecule has 3 nitrogen and oxygen atoms in total. The van der Waals surface area contributed by atoms with Gasteiger partial charge in [0, 0.05) is 18.2 Å². The van der Waals surface area contributed by atoms with E-state index >= 15 is 0 Å². The number of amides is 1. The average molecular weight is 258 g/mol. The number of carbonyl (C=O) groups is 1. The summed E-state index contributed by atoms with van der Waals surface area (Å²) in [5.74, 6) is 0.929. The fourth-order valence-corrected chi connectivity index (χ4v) is 3.15. The molecule has 2 N–H and O–H groups in total. The van der Waals surface area contributed by atoms with Gasteiger partial charge in [0.1, 0.15) is 0 Å². The minimum absolute atomic E-state index is 0.141. The van der Waals surface area contributed by atoms with Crippen LogP contribution in [0.2, 0.25) is 0 Å². The maximum Gasteiger partial charge on any atom is 0.224 e. The van der Waals surface area contributed by atoms with Gasteiger partial charge in [0.15, 0.2) is 0 Å². The zero-order chi connectivity index (χ0) is 13.2. The van der Waals surface area contributed by atoms with E-state index in [1.165, 1.54) is 30.4 Å². The predicted molar refractivity (Wildman–Crippen MR) is 77.2 cm³/mol. The molecule has 1 aliphatic heterocycles. The predicted octanol–water partition coefficient (Wildman–Crippen LogP) is 3.02. The third-order valence-electron chi connectivity index (χ3n) is 4.43. The molecule has 1 unspecified atom stereocenters. The van der Waals surface area contributed by atoms with Crippen molar-refractivity contribution in [1.82, 2.24) is 5.32 Å². The van der Waals surface area contributed by atoms with Crippen LogP contribution in [0.4, 0.5) is 5.69 Å². The van der Waals surface area contributed by atoms with Crippen LogP contribution in [0.1, 0.15) is 49.8 Å². The Morgan fingerprint density at radius 1 is 1.37 bits per heavy atom. The van der Waals surface area contributed by atoms with Gasteiger partial charge < -0.3 is 10.6 Å². The molecule has 1 heterocycles. The monoisotopic (exact) mass is 258 g/mol. The van der Waals surface area contributed by atoms with E-state index < -0.39 is 0 Å². The van der Waals surface area contributed by atoms with E-state index in [9.17, 15) is 4.79 Å². The smallest absolute Gasteiger partial charge is 0.224 e. The molecule has 0 aromatic heterocycles. The molecule has 2 aliphatic rings. The van der Waals surface area contributed by atoms with Crippen molar-refractivity contribution in [3.05, 3.63) is 29.3 Å². The molecule has 3 rings (SSSR count). The van der Waals surface area contributed by atoms with Gasteiger partial charge in [0.25, 0.3) is 0 Å². The van der Waals surface area contributed by atoms with Crippen LogP contribution in [0.15, 0.2) is 18.2 Å². The van der Waals surface area contributed by atoms with Crippen molar-refractivity contribution in [3.63, 3.8) is 0 Å². The number of carbonyl (C=O) groups excluding carboxylic acids is 1. The zero-order valence-corrected chi connectivity index (χ0v) is 11.5. The number of aryl methyl sites for hydroxylation is 1.